The van der Waals surface area contributed by atoms with Crippen molar-refractivity contribution in [1.82, 2.24) is 4.90 Å². The number of nitriles is 1. The van der Waals surface area contributed by atoms with Gasteiger partial charge < -0.3 is 9.16 Å². The van der Waals surface area contributed by atoms with Gasteiger partial charge in [-0.25, -0.2) is 4.79 Å². The Hall–Kier alpha value is -1.06. The fraction of sp³-hybridized carbons (Fsp3) is 0.875. The van der Waals surface area contributed by atoms with Crippen molar-refractivity contribution in [3.8, 4) is 6.07 Å². The molecule has 1 fully saturated rings. The first kappa shape index (κ1) is 19.0. The quantitative estimate of drug-likeness (QED) is 0.570. The zero-order valence-electron chi connectivity index (χ0n) is 14.8. The van der Waals surface area contributed by atoms with Crippen LogP contribution in [0.25, 0.3) is 0 Å². The molecular formula is C16H30N2O3Si. The SMILES string of the molecule is CN(CC#N)C(=O)OC1CCC(CO[Si](C)(C)C(C)(C)C)C1. The van der Waals surface area contributed by atoms with Crippen molar-refractivity contribution >= 4 is 14.4 Å². The lowest BCUT2D eigenvalue weighted by Crippen LogP contribution is -2.41. The van der Waals surface area contributed by atoms with E-state index in [0.717, 1.165) is 25.9 Å². The van der Waals surface area contributed by atoms with E-state index >= 15 is 0 Å². The maximum Gasteiger partial charge on any atom is 0.410 e. The monoisotopic (exact) mass is 326 g/mol. The number of hydrogen-bond acceptors (Lipinski definition) is 4. The third-order valence-corrected chi connectivity index (χ3v) is 9.37. The van der Waals surface area contributed by atoms with E-state index in [9.17, 15) is 4.79 Å². The van der Waals surface area contributed by atoms with Crippen molar-refractivity contribution in [2.24, 2.45) is 5.92 Å². The minimum atomic E-state index is -1.71. The lowest BCUT2D eigenvalue weighted by atomic mass is 10.1. The van der Waals surface area contributed by atoms with E-state index in [1.807, 2.05) is 6.07 Å². The number of amides is 1. The van der Waals surface area contributed by atoms with E-state index in [4.69, 9.17) is 14.4 Å². The molecule has 1 aliphatic carbocycles. The molecular weight excluding hydrogens is 296 g/mol. The first-order chi connectivity index (χ1) is 10.1. The predicted molar refractivity (Wildman–Crippen MR) is 89.0 cm³/mol. The van der Waals surface area contributed by atoms with Crippen LogP contribution in [0.1, 0.15) is 40.0 Å². The Kier molecular flexibility index (Phi) is 6.45. The summed E-state index contributed by atoms with van der Waals surface area (Å²) >= 11 is 0. The molecule has 0 aromatic carbocycles. The van der Waals surface area contributed by atoms with Crippen LogP contribution >= 0.6 is 0 Å². The van der Waals surface area contributed by atoms with Crippen molar-refractivity contribution in [2.45, 2.75) is 64.3 Å². The molecule has 1 rings (SSSR count). The zero-order valence-corrected chi connectivity index (χ0v) is 15.8. The first-order valence-corrected chi connectivity index (χ1v) is 10.9. The molecule has 0 radical (unpaired) electrons. The van der Waals surface area contributed by atoms with Crippen LogP contribution in [0.15, 0.2) is 0 Å². The van der Waals surface area contributed by atoms with Gasteiger partial charge in [-0.2, -0.15) is 5.26 Å². The normalized spacial score (nSPS) is 22.2. The molecule has 6 heteroatoms. The van der Waals surface area contributed by atoms with Crippen LogP contribution in [-0.4, -0.2) is 45.6 Å². The minimum absolute atomic E-state index is 0.0401. The third-order valence-electron chi connectivity index (χ3n) is 4.87. The smallest absolute Gasteiger partial charge is 0.410 e. The standard InChI is InChI=1S/C16H30N2O3Si/c1-16(2,3)22(5,6)20-12-13-7-8-14(11-13)21-15(19)18(4)10-9-17/h13-14H,7-8,10-12H2,1-6H3. The van der Waals surface area contributed by atoms with Gasteiger partial charge in [0.2, 0.25) is 0 Å². The maximum atomic E-state index is 11.8. The van der Waals surface area contributed by atoms with Crippen LogP contribution in [0, 0.1) is 17.2 Å². The second kappa shape index (κ2) is 7.47. The Morgan fingerprint density at radius 2 is 2.00 bits per heavy atom. The van der Waals surface area contributed by atoms with E-state index in [0.29, 0.717) is 5.92 Å². The van der Waals surface area contributed by atoms with Gasteiger partial charge in [0.1, 0.15) is 12.6 Å². The molecule has 22 heavy (non-hydrogen) atoms. The van der Waals surface area contributed by atoms with Crippen molar-refractivity contribution in [1.29, 1.82) is 5.26 Å². The Bertz CT molecular complexity index is 426. The Balaban J connectivity index is 2.38. The van der Waals surface area contributed by atoms with Crippen LogP contribution in [0.5, 0.6) is 0 Å². The largest absolute Gasteiger partial charge is 0.446 e. The van der Waals surface area contributed by atoms with Crippen molar-refractivity contribution in [3.63, 3.8) is 0 Å². The third kappa shape index (κ3) is 5.29. The van der Waals surface area contributed by atoms with E-state index in [1.54, 1.807) is 7.05 Å². The van der Waals surface area contributed by atoms with E-state index in [-0.39, 0.29) is 17.7 Å². The molecule has 0 aromatic heterocycles. The molecule has 0 aliphatic heterocycles. The van der Waals surface area contributed by atoms with Crippen LogP contribution in [0.2, 0.25) is 18.1 Å². The van der Waals surface area contributed by atoms with Gasteiger partial charge in [-0.05, 0) is 43.3 Å². The van der Waals surface area contributed by atoms with Gasteiger partial charge in [-0.3, -0.25) is 4.90 Å². The fourth-order valence-electron chi connectivity index (χ4n) is 2.23. The molecule has 0 aromatic rings. The maximum absolute atomic E-state index is 11.8. The molecule has 2 atom stereocenters. The summed E-state index contributed by atoms with van der Waals surface area (Å²) in [5.74, 6) is 0.466. The summed E-state index contributed by atoms with van der Waals surface area (Å²) in [6, 6.07) is 1.94. The van der Waals surface area contributed by atoms with Crippen molar-refractivity contribution in [3.05, 3.63) is 0 Å². The number of carbonyl (C=O) groups is 1. The van der Waals surface area contributed by atoms with Gasteiger partial charge in [0.25, 0.3) is 0 Å². The molecule has 0 N–H and O–H groups in total. The van der Waals surface area contributed by atoms with Crippen molar-refractivity contribution in [2.75, 3.05) is 20.2 Å². The molecule has 0 saturated heterocycles. The predicted octanol–water partition coefficient (Wildman–Crippen LogP) is 3.77. The Morgan fingerprint density at radius 1 is 1.36 bits per heavy atom. The molecule has 126 valence electrons. The molecule has 1 saturated carbocycles. The number of hydrogen-bond donors (Lipinski definition) is 0. The molecule has 5 nitrogen and oxygen atoms in total. The zero-order chi connectivity index (χ0) is 17.0. The van der Waals surface area contributed by atoms with Gasteiger partial charge in [0.05, 0.1) is 6.07 Å². The van der Waals surface area contributed by atoms with E-state index < -0.39 is 14.4 Å². The topological polar surface area (TPSA) is 62.6 Å². The van der Waals surface area contributed by atoms with Gasteiger partial charge in [-0.1, -0.05) is 20.8 Å². The molecule has 0 heterocycles. The second-order valence-electron chi connectivity index (χ2n) is 7.77. The molecule has 1 aliphatic rings. The minimum Gasteiger partial charge on any atom is -0.446 e. The Labute approximate surface area is 135 Å². The number of rotatable bonds is 5. The average Bonchev–Trinajstić information content (AvgIpc) is 2.83. The summed E-state index contributed by atoms with van der Waals surface area (Å²) in [7, 11) is -0.125. The van der Waals surface area contributed by atoms with Gasteiger partial charge in [-0.15, -0.1) is 0 Å². The van der Waals surface area contributed by atoms with E-state index in [1.165, 1.54) is 4.90 Å². The summed E-state index contributed by atoms with van der Waals surface area (Å²) in [5.41, 5.74) is 0. The summed E-state index contributed by atoms with van der Waals surface area (Å²) < 4.78 is 11.7. The summed E-state index contributed by atoms with van der Waals surface area (Å²) in [5, 5.41) is 8.81. The number of nitrogens with zero attached hydrogens (tertiary/aromatic N) is 2. The second-order valence-corrected chi connectivity index (χ2v) is 12.6. The van der Waals surface area contributed by atoms with E-state index in [2.05, 4.69) is 33.9 Å². The number of carbonyl (C=O) groups excluding carboxylic acids is 1. The lowest BCUT2D eigenvalue weighted by Gasteiger charge is -2.37. The molecule has 0 spiro atoms. The van der Waals surface area contributed by atoms with Gasteiger partial charge in [0, 0.05) is 13.7 Å². The van der Waals surface area contributed by atoms with Gasteiger partial charge >= 0.3 is 6.09 Å². The van der Waals surface area contributed by atoms with Crippen LogP contribution in [0.4, 0.5) is 4.79 Å². The molecule has 1 amide bonds. The molecule has 0 bridgehead atoms. The van der Waals surface area contributed by atoms with Crippen LogP contribution < -0.4 is 0 Å². The highest BCUT2D eigenvalue weighted by atomic mass is 28.4. The highest BCUT2D eigenvalue weighted by Gasteiger charge is 2.38. The fourth-order valence-corrected chi connectivity index (χ4v) is 3.32. The Morgan fingerprint density at radius 3 is 2.55 bits per heavy atom. The van der Waals surface area contributed by atoms with Crippen LogP contribution in [0.3, 0.4) is 0 Å². The van der Waals surface area contributed by atoms with Crippen molar-refractivity contribution < 1.29 is 14.0 Å². The number of ether oxygens (including phenoxy) is 1. The lowest BCUT2D eigenvalue weighted by molar-refractivity contribution is 0.0713. The van der Waals surface area contributed by atoms with Crippen LogP contribution in [-0.2, 0) is 9.16 Å². The van der Waals surface area contributed by atoms with Gasteiger partial charge in [0.15, 0.2) is 8.32 Å². The summed E-state index contributed by atoms with van der Waals surface area (Å²) in [4.78, 5) is 13.1. The summed E-state index contributed by atoms with van der Waals surface area (Å²) in [6.07, 6.45) is 2.34. The summed E-state index contributed by atoms with van der Waals surface area (Å²) in [6.45, 7) is 12.1. The first-order valence-electron chi connectivity index (χ1n) is 7.99. The average molecular weight is 327 g/mol. The molecule has 2 unspecified atom stereocenters. The highest BCUT2D eigenvalue weighted by molar-refractivity contribution is 6.74. The highest BCUT2D eigenvalue weighted by Crippen LogP contribution is 2.38.